The average Bonchev–Trinajstić information content (AvgIpc) is 2.66. The summed E-state index contributed by atoms with van der Waals surface area (Å²) in [5.41, 5.74) is 4.52. The molecule has 0 spiro atoms. The van der Waals surface area contributed by atoms with E-state index in [1.165, 1.54) is 5.56 Å². The summed E-state index contributed by atoms with van der Waals surface area (Å²) in [6, 6.07) is 6.54. The van der Waals surface area contributed by atoms with Gasteiger partial charge in [-0.1, -0.05) is 18.6 Å². The van der Waals surface area contributed by atoms with Crippen molar-refractivity contribution in [2.75, 3.05) is 0 Å². The molecule has 2 aromatic rings. The molecule has 0 saturated carbocycles. The second kappa shape index (κ2) is 5.47. The number of aromatic nitrogens is 1. The molecule has 0 radical (unpaired) electrons. The molecule has 0 aliphatic heterocycles. The molecule has 19 heavy (non-hydrogen) atoms. The Morgan fingerprint density at radius 2 is 2.11 bits per heavy atom. The minimum absolute atomic E-state index is 0.0971. The molecule has 1 heterocycles. The molecule has 3 nitrogen and oxygen atoms in total. The lowest BCUT2D eigenvalue weighted by molar-refractivity contribution is -0.121. The van der Waals surface area contributed by atoms with E-state index in [-0.39, 0.29) is 11.9 Å². The monoisotopic (exact) mass is 258 g/mol. The number of aromatic amines is 1. The Bertz CT molecular complexity index is 598. The summed E-state index contributed by atoms with van der Waals surface area (Å²) >= 11 is 0. The van der Waals surface area contributed by atoms with Gasteiger partial charge in [0.25, 0.3) is 0 Å². The van der Waals surface area contributed by atoms with E-state index < -0.39 is 0 Å². The highest BCUT2D eigenvalue weighted by atomic mass is 16.1. The molecule has 0 fully saturated rings. The summed E-state index contributed by atoms with van der Waals surface area (Å²) in [7, 11) is 0. The fourth-order valence-corrected chi connectivity index (χ4v) is 2.31. The van der Waals surface area contributed by atoms with E-state index in [0.717, 1.165) is 28.6 Å². The van der Waals surface area contributed by atoms with Crippen molar-refractivity contribution in [1.29, 1.82) is 0 Å². The SMILES string of the molecule is CCC(C)NC(=O)Cc1c(C)[nH]c2ccc(C)cc12. The first-order valence-corrected chi connectivity index (χ1v) is 6.88. The molecule has 2 rings (SSSR count). The quantitative estimate of drug-likeness (QED) is 0.868. The molecule has 1 atom stereocenters. The lowest BCUT2D eigenvalue weighted by Gasteiger charge is -2.11. The van der Waals surface area contributed by atoms with Crippen molar-refractivity contribution in [2.24, 2.45) is 0 Å². The zero-order valence-corrected chi connectivity index (χ0v) is 12.1. The Morgan fingerprint density at radius 1 is 1.37 bits per heavy atom. The summed E-state index contributed by atoms with van der Waals surface area (Å²) in [5.74, 6) is 0.0971. The van der Waals surface area contributed by atoms with Crippen LogP contribution in [0.3, 0.4) is 0 Å². The number of hydrogen-bond donors (Lipinski definition) is 2. The van der Waals surface area contributed by atoms with Crippen LogP contribution in [0.1, 0.15) is 37.1 Å². The molecular weight excluding hydrogens is 236 g/mol. The summed E-state index contributed by atoms with van der Waals surface area (Å²) in [5, 5.41) is 4.19. The lowest BCUT2D eigenvalue weighted by atomic mass is 10.1. The van der Waals surface area contributed by atoms with E-state index in [2.05, 4.69) is 42.3 Å². The molecule has 1 aromatic heterocycles. The standard InChI is InChI=1S/C16H22N2O/c1-5-11(3)17-16(19)9-13-12(4)18-15-7-6-10(2)8-14(13)15/h6-8,11,18H,5,9H2,1-4H3,(H,17,19). The highest BCUT2D eigenvalue weighted by Gasteiger charge is 2.13. The van der Waals surface area contributed by atoms with Crippen LogP contribution in [0.4, 0.5) is 0 Å². The lowest BCUT2D eigenvalue weighted by Crippen LogP contribution is -2.33. The number of nitrogens with one attached hydrogen (secondary N) is 2. The maximum atomic E-state index is 12.0. The van der Waals surface area contributed by atoms with E-state index in [1.54, 1.807) is 0 Å². The van der Waals surface area contributed by atoms with Crippen molar-refractivity contribution in [1.82, 2.24) is 10.3 Å². The predicted molar refractivity (Wildman–Crippen MR) is 79.4 cm³/mol. The maximum Gasteiger partial charge on any atom is 0.224 e. The van der Waals surface area contributed by atoms with E-state index in [1.807, 2.05) is 13.8 Å². The van der Waals surface area contributed by atoms with Crippen LogP contribution in [-0.2, 0) is 11.2 Å². The summed E-state index contributed by atoms with van der Waals surface area (Å²) in [6.45, 7) is 8.21. The van der Waals surface area contributed by atoms with Crippen LogP contribution in [0.2, 0.25) is 0 Å². The van der Waals surface area contributed by atoms with Crippen molar-refractivity contribution in [3.63, 3.8) is 0 Å². The molecule has 0 saturated heterocycles. The highest BCUT2D eigenvalue weighted by molar-refractivity contribution is 5.90. The van der Waals surface area contributed by atoms with Gasteiger partial charge in [-0.15, -0.1) is 0 Å². The Morgan fingerprint density at radius 3 is 2.79 bits per heavy atom. The Hall–Kier alpha value is -1.77. The van der Waals surface area contributed by atoms with E-state index in [0.29, 0.717) is 6.42 Å². The predicted octanol–water partition coefficient (Wildman–Crippen LogP) is 3.24. The zero-order valence-electron chi connectivity index (χ0n) is 12.1. The first kappa shape index (κ1) is 13.7. The van der Waals surface area contributed by atoms with Gasteiger partial charge < -0.3 is 10.3 Å². The second-order valence-electron chi connectivity index (χ2n) is 5.33. The third kappa shape index (κ3) is 2.98. The van der Waals surface area contributed by atoms with Gasteiger partial charge in [0.1, 0.15) is 0 Å². The molecule has 3 heteroatoms. The van der Waals surface area contributed by atoms with Crippen molar-refractivity contribution in [2.45, 2.75) is 46.6 Å². The summed E-state index contributed by atoms with van der Waals surface area (Å²) in [4.78, 5) is 15.4. The molecule has 1 aromatic carbocycles. The van der Waals surface area contributed by atoms with Crippen molar-refractivity contribution in [3.8, 4) is 0 Å². The number of amides is 1. The van der Waals surface area contributed by atoms with Gasteiger partial charge in [-0.25, -0.2) is 0 Å². The largest absolute Gasteiger partial charge is 0.358 e. The van der Waals surface area contributed by atoms with Crippen molar-refractivity contribution < 1.29 is 4.79 Å². The van der Waals surface area contributed by atoms with Gasteiger partial charge in [0.2, 0.25) is 5.91 Å². The topological polar surface area (TPSA) is 44.9 Å². The number of carbonyl (C=O) groups excluding carboxylic acids is 1. The van der Waals surface area contributed by atoms with Crippen LogP contribution >= 0.6 is 0 Å². The number of hydrogen-bond acceptors (Lipinski definition) is 1. The van der Waals surface area contributed by atoms with Crippen LogP contribution in [0, 0.1) is 13.8 Å². The molecule has 0 aliphatic rings. The molecular formula is C16H22N2O. The third-order valence-corrected chi connectivity index (χ3v) is 3.63. The average molecular weight is 258 g/mol. The number of fused-ring (bicyclic) bond motifs is 1. The van der Waals surface area contributed by atoms with Crippen LogP contribution in [0.15, 0.2) is 18.2 Å². The number of aryl methyl sites for hydroxylation is 2. The van der Waals surface area contributed by atoms with Crippen LogP contribution < -0.4 is 5.32 Å². The fraction of sp³-hybridized carbons (Fsp3) is 0.438. The number of benzene rings is 1. The normalized spacial score (nSPS) is 12.6. The molecule has 102 valence electrons. The van der Waals surface area contributed by atoms with Gasteiger partial charge in [0, 0.05) is 22.6 Å². The Kier molecular flexibility index (Phi) is 3.93. The third-order valence-electron chi connectivity index (χ3n) is 3.63. The first-order chi connectivity index (χ1) is 9.01. The molecule has 0 aliphatic carbocycles. The summed E-state index contributed by atoms with van der Waals surface area (Å²) < 4.78 is 0. The Balaban J connectivity index is 2.27. The van der Waals surface area contributed by atoms with Gasteiger partial charge in [0.05, 0.1) is 6.42 Å². The molecule has 0 bridgehead atoms. The summed E-state index contributed by atoms with van der Waals surface area (Å²) in [6.07, 6.45) is 1.40. The Labute approximate surface area is 114 Å². The van der Waals surface area contributed by atoms with Crippen LogP contribution in [-0.4, -0.2) is 16.9 Å². The molecule has 1 amide bonds. The van der Waals surface area contributed by atoms with E-state index in [9.17, 15) is 4.79 Å². The van der Waals surface area contributed by atoms with E-state index in [4.69, 9.17) is 0 Å². The molecule has 2 N–H and O–H groups in total. The number of carbonyl (C=O) groups is 1. The fourth-order valence-electron chi connectivity index (χ4n) is 2.31. The van der Waals surface area contributed by atoms with Gasteiger partial charge in [-0.05, 0) is 44.9 Å². The van der Waals surface area contributed by atoms with E-state index >= 15 is 0 Å². The van der Waals surface area contributed by atoms with Gasteiger partial charge in [-0.3, -0.25) is 4.79 Å². The number of H-pyrrole nitrogens is 1. The van der Waals surface area contributed by atoms with Crippen LogP contribution in [0.25, 0.3) is 10.9 Å². The minimum atomic E-state index is 0.0971. The molecule has 1 unspecified atom stereocenters. The zero-order chi connectivity index (χ0) is 14.0. The van der Waals surface area contributed by atoms with Gasteiger partial charge >= 0.3 is 0 Å². The highest BCUT2D eigenvalue weighted by Crippen LogP contribution is 2.23. The minimum Gasteiger partial charge on any atom is -0.358 e. The van der Waals surface area contributed by atoms with Gasteiger partial charge in [0.15, 0.2) is 0 Å². The van der Waals surface area contributed by atoms with Crippen molar-refractivity contribution >= 4 is 16.8 Å². The smallest absolute Gasteiger partial charge is 0.224 e. The van der Waals surface area contributed by atoms with Crippen molar-refractivity contribution in [3.05, 3.63) is 35.0 Å². The number of rotatable bonds is 4. The van der Waals surface area contributed by atoms with Gasteiger partial charge in [-0.2, -0.15) is 0 Å². The second-order valence-corrected chi connectivity index (χ2v) is 5.33. The first-order valence-electron chi connectivity index (χ1n) is 6.88. The van der Waals surface area contributed by atoms with Crippen LogP contribution in [0.5, 0.6) is 0 Å². The maximum absolute atomic E-state index is 12.0.